The molecule has 3 rings (SSSR count). The van der Waals surface area contributed by atoms with Gasteiger partial charge in [0.05, 0.1) is 0 Å². The van der Waals surface area contributed by atoms with E-state index in [1.54, 1.807) is 0 Å². The summed E-state index contributed by atoms with van der Waals surface area (Å²) in [5.74, 6) is 0. The summed E-state index contributed by atoms with van der Waals surface area (Å²) in [7, 11) is -1.60. The average molecular weight is 415 g/mol. The Hall–Kier alpha value is -5.18. The van der Waals surface area contributed by atoms with Crippen molar-refractivity contribution in [3.05, 3.63) is 70.6 Å². The predicted octanol–water partition coefficient (Wildman–Crippen LogP) is 0.860. The van der Waals surface area contributed by atoms with Gasteiger partial charge in [0.15, 0.2) is 0 Å². The van der Waals surface area contributed by atoms with Crippen molar-refractivity contribution in [2.45, 2.75) is 0 Å². The van der Waals surface area contributed by atoms with E-state index in [0.717, 1.165) is 0 Å². The van der Waals surface area contributed by atoms with Crippen LogP contribution in [0.2, 0.25) is 0 Å². The molecule has 0 saturated carbocycles. The fraction of sp³-hybridized carbons (Fsp3) is 0. The second-order valence-electron chi connectivity index (χ2n) is 5.79. The van der Waals surface area contributed by atoms with Crippen LogP contribution in [0.4, 0.5) is 0 Å². The zero-order valence-corrected chi connectivity index (χ0v) is 16.3. The largest absolute Gasteiger partial charge is 0.226 e. The number of nitriles is 6. The normalized spacial score (nSPS) is 9.39. The van der Waals surface area contributed by atoms with E-state index < -0.39 is 7.92 Å². The van der Waals surface area contributed by atoms with Gasteiger partial charge in [-0.15, -0.1) is 0 Å². The lowest BCUT2D eigenvalue weighted by Crippen LogP contribution is -2.24. The summed E-state index contributed by atoms with van der Waals surface area (Å²) < 4.78 is 0. The van der Waals surface area contributed by atoms with Gasteiger partial charge in [-0.3, -0.25) is 0 Å². The maximum Gasteiger partial charge on any atom is 0.142 e. The lowest BCUT2D eigenvalue weighted by atomic mass is 10.3. The van der Waals surface area contributed by atoms with Gasteiger partial charge in [-0.05, 0) is 60.2 Å². The molecule has 0 radical (unpaired) electrons. The maximum absolute atomic E-state index is 9.33. The molecule has 0 aliphatic heterocycles. The fourth-order valence-corrected chi connectivity index (χ4v) is 5.13. The summed E-state index contributed by atoms with van der Waals surface area (Å²) in [4.78, 5) is 11.8. The third-order valence-electron chi connectivity index (χ3n) is 3.89. The van der Waals surface area contributed by atoms with E-state index in [-0.39, 0.29) is 34.2 Å². The first-order valence-corrected chi connectivity index (χ1v) is 9.66. The van der Waals surface area contributed by atoms with Crippen molar-refractivity contribution >= 4 is 23.8 Å². The van der Waals surface area contributed by atoms with Crippen molar-refractivity contribution in [2.24, 2.45) is 0 Å². The highest BCUT2D eigenvalue weighted by atomic mass is 31.1. The van der Waals surface area contributed by atoms with Crippen LogP contribution < -0.4 is 15.9 Å². The number of nitrogens with zero attached hydrogens (tertiary/aromatic N) is 9. The molecule has 3 aromatic heterocycles. The Morgan fingerprint density at radius 3 is 0.774 bits per heavy atom. The summed E-state index contributed by atoms with van der Waals surface area (Å²) in [5, 5.41) is 57.5. The topological polar surface area (TPSA) is 181 Å². The Morgan fingerprint density at radius 1 is 0.419 bits per heavy atom. The van der Waals surface area contributed by atoms with E-state index in [0.29, 0.717) is 15.9 Å². The van der Waals surface area contributed by atoms with E-state index >= 15 is 0 Å². The minimum Gasteiger partial charge on any atom is -0.226 e. The predicted molar refractivity (Wildman–Crippen MR) is 107 cm³/mol. The van der Waals surface area contributed by atoms with Gasteiger partial charge in [-0.2, -0.15) is 31.6 Å². The fourth-order valence-electron chi connectivity index (χ4n) is 2.73. The second-order valence-corrected chi connectivity index (χ2v) is 8.01. The number of aromatic nitrogens is 3. The van der Waals surface area contributed by atoms with Crippen LogP contribution in [0, 0.1) is 68.0 Å². The molecule has 140 valence electrons. The minimum absolute atomic E-state index is 0.00619. The molecular formula is C21H6N9P. The Labute approximate surface area is 177 Å². The van der Waals surface area contributed by atoms with Gasteiger partial charge in [0.1, 0.15) is 70.6 Å². The molecule has 0 aliphatic carbocycles. The molecule has 10 heteroatoms. The van der Waals surface area contributed by atoms with Gasteiger partial charge >= 0.3 is 0 Å². The quantitative estimate of drug-likeness (QED) is 0.560. The van der Waals surface area contributed by atoms with Crippen molar-refractivity contribution in [1.82, 2.24) is 15.0 Å². The smallest absolute Gasteiger partial charge is 0.142 e. The Balaban J connectivity index is 2.41. The highest BCUT2D eigenvalue weighted by Crippen LogP contribution is 2.34. The molecule has 0 spiro atoms. The third-order valence-corrected chi connectivity index (χ3v) is 6.22. The van der Waals surface area contributed by atoms with Crippen molar-refractivity contribution in [2.75, 3.05) is 0 Å². The zero-order valence-electron chi connectivity index (χ0n) is 15.4. The Bertz CT molecular complexity index is 1190. The van der Waals surface area contributed by atoms with Crippen molar-refractivity contribution < 1.29 is 0 Å². The van der Waals surface area contributed by atoms with Crippen molar-refractivity contribution in [3.63, 3.8) is 0 Å². The summed E-state index contributed by atoms with van der Waals surface area (Å²) in [6.07, 6.45) is 0. The summed E-state index contributed by atoms with van der Waals surface area (Å²) in [6, 6.07) is 20.4. The van der Waals surface area contributed by atoms with E-state index in [9.17, 15) is 31.6 Å². The first kappa shape index (κ1) is 20.6. The molecule has 0 saturated heterocycles. The lowest BCUT2D eigenvalue weighted by molar-refractivity contribution is 1.22. The molecule has 0 unspecified atom stereocenters. The van der Waals surface area contributed by atoms with Gasteiger partial charge in [-0.25, -0.2) is 15.0 Å². The summed E-state index contributed by atoms with van der Waals surface area (Å²) in [6.45, 7) is 0. The van der Waals surface area contributed by atoms with Gasteiger partial charge < -0.3 is 0 Å². The van der Waals surface area contributed by atoms with Gasteiger partial charge in [0.25, 0.3) is 0 Å². The minimum atomic E-state index is -1.60. The molecule has 0 fully saturated rings. The zero-order chi connectivity index (χ0) is 22.4. The van der Waals surface area contributed by atoms with E-state index in [1.165, 1.54) is 36.4 Å². The Kier molecular flexibility index (Phi) is 5.89. The average Bonchev–Trinajstić information content (AvgIpc) is 2.83. The molecule has 0 aromatic carbocycles. The van der Waals surface area contributed by atoms with Crippen LogP contribution in [-0.2, 0) is 0 Å². The highest BCUT2D eigenvalue weighted by molar-refractivity contribution is 7.79. The van der Waals surface area contributed by atoms with E-state index in [1.807, 2.05) is 36.4 Å². The number of rotatable bonds is 3. The van der Waals surface area contributed by atoms with Crippen molar-refractivity contribution in [1.29, 1.82) is 31.6 Å². The van der Waals surface area contributed by atoms with Gasteiger partial charge in [0, 0.05) is 0 Å². The second kappa shape index (κ2) is 8.88. The number of pyridine rings is 3. The molecule has 0 amide bonds. The summed E-state index contributed by atoms with van der Waals surface area (Å²) in [5.41, 5.74) is 0.0372. The standard InChI is InChI=1S/C21H6N9P/c22-7-13-1-19(2-14(8-23)28-13)31(20-3-15(9-24)29-16(4-20)10-25)21-5-17(11-26)30-18(6-21)12-27/h1-6H. The van der Waals surface area contributed by atoms with Gasteiger partial charge in [0.2, 0.25) is 0 Å². The maximum atomic E-state index is 9.33. The third kappa shape index (κ3) is 4.30. The lowest BCUT2D eigenvalue weighted by Gasteiger charge is -2.20. The van der Waals surface area contributed by atoms with Crippen LogP contribution >= 0.6 is 7.92 Å². The van der Waals surface area contributed by atoms with E-state index in [2.05, 4.69) is 15.0 Å². The molecule has 0 atom stereocenters. The van der Waals surface area contributed by atoms with Crippen LogP contribution in [-0.4, -0.2) is 15.0 Å². The molecule has 0 N–H and O–H groups in total. The molecule has 31 heavy (non-hydrogen) atoms. The van der Waals surface area contributed by atoms with Crippen LogP contribution in [0.15, 0.2) is 36.4 Å². The van der Waals surface area contributed by atoms with E-state index in [4.69, 9.17) is 0 Å². The molecule has 0 bridgehead atoms. The van der Waals surface area contributed by atoms with Crippen LogP contribution in [0.1, 0.15) is 34.2 Å². The molecular weight excluding hydrogens is 409 g/mol. The molecule has 0 aliphatic rings. The number of hydrogen-bond donors (Lipinski definition) is 0. The summed E-state index contributed by atoms with van der Waals surface area (Å²) >= 11 is 0. The Morgan fingerprint density at radius 2 is 0.613 bits per heavy atom. The van der Waals surface area contributed by atoms with Crippen molar-refractivity contribution in [3.8, 4) is 36.4 Å². The SMILES string of the molecule is N#Cc1cc(P(c2cc(C#N)nc(C#N)c2)c2cc(C#N)nc(C#N)c2)cc(C#N)n1. The van der Waals surface area contributed by atoms with Crippen LogP contribution in [0.5, 0.6) is 0 Å². The molecule has 3 aromatic rings. The first-order valence-electron chi connectivity index (χ1n) is 8.32. The first-order chi connectivity index (χ1) is 15.0. The highest BCUT2D eigenvalue weighted by Gasteiger charge is 2.22. The van der Waals surface area contributed by atoms with Crippen LogP contribution in [0.25, 0.3) is 0 Å². The number of hydrogen-bond acceptors (Lipinski definition) is 9. The van der Waals surface area contributed by atoms with Crippen LogP contribution in [0.3, 0.4) is 0 Å². The van der Waals surface area contributed by atoms with Gasteiger partial charge in [-0.1, -0.05) is 0 Å². The molecule has 3 heterocycles. The monoisotopic (exact) mass is 415 g/mol. The molecule has 9 nitrogen and oxygen atoms in total.